The molecule has 1 aliphatic carbocycles. The Morgan fingerprint density at radius 2 is 2.18 bits per heavy atom. The maximum atomic E-state index is 10.9. The Labute approximate surface area is 101 Å². The maximum Gasteiger partial charge on any atom is 0.329 e. The molecule has 9 heteroatoms. The molecule has 0 aromatic heterocycles. The van der Waals surface area contributed by atoms with Crippen LogP contribution in [0.5, 0.6) is 0 Å². The molecule has 2 aliphatic rings. The van der Waals surface area contributed by atoms with E-state index in [1.807, 2.05) is 0 Å². The van der Waals surface area contributed by atoms with E-state index in [0.717, 1.165) is 19.4 Å². The molecule has 7 nitrogen and oxygen atoms in total. The number of fused-ring (bicyclic) bond motifs is 1. The number of nitrogens with one attached hydrogen (secondary N) is 1. The summed E-state index contributed by atoms with van der Waals surface area (Å²) in [4.78, 5) is 26.8. The van der Waals surface area contributed by atoms with Crippen LogP contribution in [-0.2, 0) is 13.6 Å². The topological polar surface area (TPSA) is 108 Å². The highest BCUT2D eigenvalue weighted by Gasteiger charge is 2.50. The van der Waals surface area contributed by atoms with Gasteiger partial charge in [0.2, 0.25) is 0 Å². The Hall–Kier alpha value is 0.420. The first-order valence-electron chi connectivity index (χ1n) is 5.53. The van der Waals surface area contributed by atoms with Crippen molar-refractivity contribution in [3.05, 3.63) is 0 Å². The molecule has 2 unspecified atom stereocenters. The van der Waals surface area contributed by atoms with Crippen molar-refractivity contribution < 1.29 is 28.3 Å². The van der Waals surface area contributed by atoms with Crippen molar-refractivity contribution in [1.82, 2.24) is 5.32 Å². The molecule has 0 aromatic carbocycles. The summed E-state index contributed by atoms with van der Waals surface area (Å²) >= 11 is 0. The molecule has 100 valence electrons. The van der Waals surface area contributed by atoms with E-state index in [-0.39, 0.29) is 6.04 Å². The van der Waals surface area contributed by atoms with Crippen molar-refractivity contribution >= 4 is 16.9 Å². The lowest BCUT2D eigenvalue weighted by Gasteiger charge is -2.27. The van der Waals surface area contributed by atoms with Gasteiger partial charge in [0.25, 0.3) is 0 Å². The minimum absolute atomic E-state index is 0.153. The van der Waals surface area contributed by atoms with E-state index in [4.69, 9.17) is 23.7 Å². The summed E-state index contributed by atoms with van der Waals surface area (Å²) in [5, 5.41) is 3.29. The van der Waals surface area contributed by atoms with Gasteiger partial charge in [-0.3, -0.25) is 13.6 Å². The first kappa shape index (κ1) is 13.8. The summed E-state index contributed by atoms with van der Waals surface area (Å²) in [6.45, 7) is 0.901. The van der Waals surface area contributed by atoms with E-state index in [9.17, 15) is 4.57 Å². The van der Waals surface area contributed by atoms with Gasteiger partial charge < -0.3 is 20.0 Å². The lowest BCUT2D eigenvalue weighted by atomic mass is 9.94. The van der Waals surface area contributed by atoms with Crippen LogP contribution in [0.3, 0.4) is 0 Å². The van der Waals surface area contributed by atoms with Crippen LogP contribution in [0.4, 0.5) is 0 Å². The van der Waals surface area contributed by atoms with Crippen LogP contribution in [-0.4, -0.2) is 33.1 Å². The molecule has 1 aliphatic heterocycles. The highest BCUT2D eigenvalue weighted by Crippen LogP contribution is 2.50. The van der Waals surface area contributed by atoms with E-state index in [2.05, 4.69) is 5.32 Å². The Morgan fingerprint density at radius 1 is 1.41 bits per heavy atom. The molecule has 0 bridgehead atoms. The van der Waals surface area contributed by atoms with Gasteiger partial charge >= 0.3 is 16.9 Å². The second kappa shape index (κ2) is 5.59. The van der Waals surface area contributed by atoms with Gasteiger partial charge in [-0.1, -0.05) is 0 Å². The van der Waals surface area contributed by atoms with E-state index in [1.54, 1.807) is 0 Å². The molecule has 2 fully saturated rings. The van der Waals surface area contributed by atoms with Crippen molar-refractivity contribution in [1.29, 1.82) is 0 Å². The van der Waals surface area contributed by atoms with Gasteiger partial charge in [-0.05, 0) is 25.3 Å². The summed E-state index contributed by atoms with van der Waals surface area (Å²) in [5.74, 6) is -1.03. The number of rotatable bonds is 4. The maximum absolute atomic E-state index is 10.9. The van der Waals surface area contributed by atoms with E-state index in [0.29, 0.717) is 18.8 Å². The molecule has 1 saturated heterocycles. The van der Waals surface area contributed by atoms with Crippen LogP contribution in [0, 0.1) is 5.92 Å². The molecule has 1 saturated carbocycles. The molecule has 0 aromatic rings. The molecular weight excluding hydrogens is 268 g/mol. The molecule has 1 heterocycles. The zero-order chi connectivity index (χ0) is 12.5. The van der Waals surface area contributed by atoms with Gasteiger partial charge in [-0.15, -0.1) is 0 Å². The highest BCUT2D eigenvalue weighted by molar-refractivity contribution is 7.39. The Bertz CT molecular complexity index is 288. The first-order chi connectivity index (χ1) is 8.01. The third kappa shape index (κ3) is 3.46. The van der Waals surface area contributed by atoms with Crippen molar-refractivity contribution in [2.75, 3.05) is 6.54 Å². The van der Waals surface area contributed by atoms with Crippen molar-refractivity contribution in [2.24, 2.45) is 5.92 Å². The van der Waals surface area contributed by atoms with Gasteiger partial charge in [-0.25, -0.2) is 0 Å². The highest BCUT2D eigenvalue weighted by atomic mass is 31.2. The van der Waals surface area contributed by atoms with Gasteiger partial charge in [0, 0.05) is 18.9 Å². The summed E-state index contributed by atoms with van der Waals surface area (Å²) < 4.78 is 20.8. The summed E-state index contributed by atoms with van der Waals surface area (Å²) in [6.07, 6.45) is 2.82. The fraction of sp³-hybridized carbons (Fsp3) is 1.00. The van der Waals surface area contributed by atoms with E-state index in [1.165, 1.54) is 0 Å². The van der Waals surface area contributed by atoms with Crippen LogP contribution in [0.1, 0.15) is 25.7 Å². The van der Waals surface area contributed by atoms with E-state index >= 15 is 0 Å². The predicted octanol–water partition coefficient (Wildman–Crippen LogP) is 0.471. The molecular formula is C8H17NO6P2. The van der Waals surface area contributed by atoms with E-state index < -0.39 is 22.6 Å². The summed E-state index contributed by atoms with van der Waals surface area (Å²) in [6, 6.07) is 0.153. The molecule has 0 amide bonds. The summed E-state index contributed by atoms with van der Waals surface area (Å²) in [7, 11) is -5.78. The molecule has 4 atom stereocenters. The average molecular weight is 285 g/mol. The van der Waals surface area contributed by atoms with Crippen LogP contribution in [0.2, 0.25) is 0 Å². The van der Waals surface area contributed by atoms with Crippen LogP contribution in [0.15, 0.2) is 0 Å². The first-order valence-corrected chi connectivity index (χ1v) is 7.96. The van der Waals surface area contributed by atoms with Crippen molar-refractivity contribution in [3.63, 3.8) is 0 Å². The Balaban J connectivity index is 2.09. The standard InChI is InChI=1S/C8H17NO6P2/c10-16(11)14-8(15-17(12)13)4-6-2-1-3-9-7(6)5-8/h6-7,9-11,17H,1-5H2,(H,12,13)/t6-,7+,8?/m0/s1. The molecule has 0 spiro atoms. The lowest BCUT2D eigenvalue weighted by molar-refractivity contribution is -0.116. The normalized spacial score (nSPS) is 39.3. The molecule has 4 N–H and O–H groups in total. The van der Waals surface area contributed by atoms with Gasteiger partial charge in [0.1, 0.15) is 0 Å². The minimum Gasteiger partial charge on any atom is -0.328 e. The zero-order valence-corrected chi connectivity index (χ0v) is 11.1. The quantitative estimate of drug-likeness (QED) is 0.439. The third-order valence-electron chi connectivity index (χ3n) is 3.35. The number of hydrogen-bond donors (Lipinski definition) is 4. The monoisotopic (exact) mass is 285 g/mol. The molecule has 2 rings (SSSR count). The van der Waals surface area contributed by atoms with Gasteiger partial charge in [0.05, 0.1) is 0 Å². The average Bonchev–Trinajstić information content (AvgIpc) is 2.52. The van der Waals surface area contributed by atoms with Crippen molar-refractivity contribution in [2.45, 2.75) is 37.5 Å². The second-order valence-electron chi connectivity index (χ2n) is 4.49. The largest absolute Gasteiger partial charge is 0.329 e. The zero-order valence-electron chi connectivity index (χ0n) is 9.20. The minimum atomic E-state index is -3.18. The Morgan fingerprint density at radius 3 is 2.76 bits per heavy atom. The fourth-order valence-electron chi connectivity index (χ4n) is 2.81. The Kier molecular flexibility index (Phi) is 4.55. The van der Waals surface area contributed by atoms with Crippen LogP contribution in [0.25, 0.3) is 0 Å². The smallest absolute Gasteiger partial charge is 0.328 e. The van der Waals surface area contributed by atoms with Crippen molar-refractivity contribution in [3.8, 4) is 0 Å². The summed E-state index contributed by atoms with van der Waals surface area (Å²) in [5.41, 5.74) is 0. The number of hydrogen-bond acceptors (Lipinski definition) is 6. The van der Waals surface area contributed by atoms with Gasteiger partial charge in [-0.2, -0.15) is 0 Å². The van der Waals surface area contributed by atoms with Crippen LogP contribution >= 0.6 is 16.9 Å². The van der Waals surface area contributed by atoms with Crippen LogP contribution < -0.4 is 5.32 Å². The number of piperidine rings is 1. The second-order valence-corrected chi connectivity index (χ2v) is 5.92. The SMILES string of the molecule is O=[PH](O)OC1(OP(O)O)C[C@@H]2CCCN[C@@H]2C1. The molecule has 0 radical (unpaired) electrons. The lowest BCUT2D eigenvalue weighted by Crippen LogP contribution is -2.38. The fourth-order valence-corrected chi connectivity index (χ4v) is 3.89. The predicted molar refractivity (Wildman–Crippen MR) is 61.2 cm³/mol. The third-order valence-corrected chi connectivity index (χ3v) is 4.40. The van der Waals surface area contributed by atoms with Gasteiger partial charge in [0.15, 0.2) is 5.79 Å². The molecule has 17 heavy (non-hydrogen) atoms.